The van der Waals surface area contributed by atoms with Gasteiger partial charge in [0.2, 0.25) is 0 Å². The van der Waals surface area contributed by atoms with E-state index in [2.05, 4.69) is 38.6 Å². The second kappa shape index (κ2) is 7.18. The molecule has 2 fully saturated rings. The van der Waals surface area contributed by atoms with Crippen molar-refractivity contribution in [1.82, 2.24) is 0 Å². The van der Waals surface area contributed by atoms with Crippen LogP contribution in [0.1, 0.15) is 59.3 Å². The normalized spacial score (nSPS) is 32.8. The lowest BCUT2D eigenvalue weighted by molar-refractivity contribution is 0.0994. The third kappa shape index (κ3) is 3.92. The molecular formula is C17H29NOS. The average Bonchev–Trinajstić information content (AvgIpc) is 2.48. The van der Waals surface area contributed by atoms with Crippen LogP contribution in [0.3, 0.4) is 0 Å². The lowest BCUT2D eigenvalue weighted by Crippen LogP contribution is -2.35. The summed E-state index contributed by atoms with van der Waals surface area (Å²) >= 11 is 2.10. The maximum atomic E-state index is 9.45. The van der Waals surface area contributed by atoms with Gasteiger partial charge in [0.15, 0.2) is 0 Å². The third-order valence-electron chi connectivity index (χ3n) is 5.51. The Kier molecular flexibility index (Phi) is 5.81. The van der Waals surface area contributed by atoms with Crippen LogP contribution in [0, 0.1) is 28.6 Å². The fraction of sp³-hybridized carbons (Fsp3) is 0.941. The molecule has 0 amide bonds. The van der Waals surface area contributed by atoms with Crippen molar-refractivity contribution < 1.29 is 4.74 Å². The minimum Gasteiger partial charge on any atom is -0.381 e. The van der Waals surface area contributed by atoms with Crippen molar-refractivity contribution in [3.63, 3.8) is 0 Å². The van der Waals surface area contributed by atoms with Crippen LogP contribution in [0.25, 0.3) is 0 Å². The van der Waals surface area contributed by atoms with Gasteiger partial charge in [-0.15, -0.1) is 0 Å². The van der Waals surface area contributed by atoms with E-state index in [9.17, 15) is 5.26 Å². The first kappa shape index (κ1) is 16.2. The second-order valence-corrected chi connectivity index (χ2v) is 8.62. The molecular weight excluding hydrogens is 266 g/mol. The molecule has 1 aliphatic carbocycles. The molecule has 0 spiro atoms. The highest BCUT2D eigenvalue weighted by Gasteiger charge is 2.38. The molecule has 3 atom stereocenters. The number of hydrogen-bond acceptors (Lipinski definition) is 3. The van der Waals surface area contributed by atoms with Gasteiger partial charge in [-0.25, -0.2) is 0 Å². The van der Waals surface area contributed by atoms with Crippen molar-refractivity contribution >= 4 is 11.8 Å². The zero-order valence-electron chi connectivity index (χ0n) is 13.2. The molecule has 3 unspecified atom stereocenters. The van der Waals surface area contributed by atoms with Gasteiger partial charge in [-0.2, -0.15) is 17.0 Å². The molecule has 0 N–H and O–H groups in total. The van der Waals surface area contributed by atoms with E-state index in [0.717, 1.165) is 25.6 Å². The van der Waals surface area contributed by atoms with E-state index in [-0.39, 0.29) is 5.92 Å². The summed E-state index contributed by atoms with van der Waals surface area (Å²) in [4.78, 5) is 0. The fourth-order valence-corrected chi connectivity index (χ4v) is 5.17. The lowest BCUT2D eigenvalue weighted by Gasteiger charge is -2.42. The number of nitriles is 1. The van der Waals surface area contributed by atoms with Crippen LogP contribution >= 0.6 is 11.8 Å². The summed E-state index contributed by atoms with van der Waals surface area (Å²) in [5.74, 6) is 1.06. The first-order valence-electron chi connectivity index (χ1n) is 8.19. The average molecular weight is 295 g/mol. The Morgan fingerprint density at radius 3 is 2.50 bits per heavy atom. The Hall–Kier alpha value is -0.200. The number of hydrogen-bond donors (Lipinski definition) is 0. The van der Waals surface area contributed by atoms with Crippen molar-refractivity contribution in [2.24, 2.45) is 17.3 Å². The molecule has 114 valence electrons. The standard InChI is InChI=1S/C17H29NOS/c1-4-17(2,3)14-6-5-13(12-18)16(11-14)20-15-7-9-19-10-8-15/h13-16H,4-11H2,1-3H3. The minimum absolute atomic E-state index is 0.270. The van der Waals surface area contributed by atoms with Crippen molar-refractivity contribution in [3.8, 4) is 6.07 Å². The van der Waals surface area contributed by atoms with Crippen LogP contribution < -0.4 is 0 Å². The van der Waals surface area contributed by atoms with Gasteiger partial charge in [-0.05, 0) is 43.4 Å². The van der Waals surface area contributed by atoms with E-state index in [1.54, 1.807) is 0 Å². The summed E-state index contributed by atoms with van der Waals surface area (Å²) in [5.41, 5.74) is 0.426. The Bertz CT molecular complexity index is 343. The Morgan fingerprint density at radius 1 is 1.20 bits per heavy atom. The zero-order valence-corrected chi connectivity index (χ0v) is 14.0. The molecule has 1 aliphatic heterocycles. The molecule has 3 heteroatoms. The first-order chi connectivity index (χ1) is 9.56. The minimum atomic E-state index is 0.270. The highest BCUT2D eigenvalue weighted by molar-refractivity contribution is 8.00. The summed E-state index contributed by atoms with van der Waals surface area (Å²) in [6, 6.07) is 2.58. The Labute approximate surface area is 128 Å². The van der Waals surface area contributed by atoms with Gasteiger partial charge in [0.1, 0.15) is 0 Å². The molecule has 0 aromatic rings. The lowest BCUT2D eigenvalue weighted by atomic mass is 9.67. The van der Waals surface area contributed by atoms with Crippen LogP contribution in [-0.4, -0.2) is 23.7 Å². The van der Waals surface area contributed by atoms with E-state index in [1.165, 1.54) is 32.1 Å². The highest BCUT2D eigenvalue weighted by Crippen LogP contribution is 2.47. The quantitative estimate of drug-likeness (QED) is 0.757. The smallest absolute Gasteiger partial charge is 0.0667 e. The summed E-state index contributed by atoms with van der Waals surface area (Å²) in [5, 5.41) is 10.7. The molecule has 20 heavy (non-hydrogen) atoms. The Balaban J connectivity index is 1.97. The third-order valence-corrected chi connectivity index (χ3v) is 7.24. The van der Waals surface area contributed by atoms with Crippen molar-refractivity contribution in [2.75, 3.05) is 13.2 Å². The number of nitrogens with zero attached hydrogens (tertiary/aromatic N) is 1. The summed E-state index contributed by atoms with van der Waals surface area (Å²) in [6.07, 6.45) is 7.16. The van der Waals surface area contributed by atoms with Gasteiger partial charge in [0, 0.05) is 23.7 Å². The van der Waals surface area contributed by atoms with Crippen molar-refractivity contribution in [3.05, 3.63) is 0 Å². The molecule has 0 bridgehead atoms. The SMILES string of the molecule is CCC(C)(C)C1CCC(C#N)C(SC2CCOCC2)C1. The zero-order chi connectivity index (χ0) is 14.6. The van der Waals surface area contributed by atoms with Gasteiger partial charge in [-0.1, -0.05) is 27.2 Å². The highest BCUT2D eigenvalue weighted by atomic mass is 32.2. The van der Waals surface area contributed by atoms with Crippen LogP contribution in [0.2, 0.25) is 0 Å². The van der Waals surface area contributed by atoms with E-state index >= 15 is 0 Å². The maximum Gasteiger partial charge on any atom is 0.0667 e. The predicted molar refractivity (Wildman–Crippen MR) is 85.7 cm³/mol. The fourth-order valence-electron chi connectivity index (χ4n) is 3.48. The summed E-state index contributed by atoms with van der Waals surface area (Å²) in [6.45, 7) is 8.93. The van der Waals surface area contributed by atoms with E-state index in [0.29, 0.717) is 15.9 Å². The molecule has 1 heterocycles. The maximum absolute atomic E-state index is 9.45. The van der Waals surface area contributed by atoms with Crippen molar-refractivity contribution in [1.29, 1.82) is 5.26 Å². The predicted octanol–water partition coefficient (Wildman–Crippen LogP) is 4.64. The largest absolute Gasteiger partial charge is 0.381 e. The van der Waals surface area contributed by atoms with E-state index < -0.39 is 0 Å². The topological polar surface area (TPSA) is 33.0 Å². The Morgan fingerprint density at radius 2 is 1.90 bits per heavy atom. The van der Waals surface area contributed by atoms with Gasteiger partial charge >= 0.3 is 0 Å². The van der Waals surface area contributed by atoms with E-state index in [1.807, 2.05) is 0 Å². The van der Waals surface area contributed by atoms with Gasteiger partial charge in [0.05, 0.1) is 12.0 Å². The summed E-state index contributed by atoms with van der Waals surface area (Å²) in [7, 11) is 0. The monoisotopic (exact) mass is 295 g/mol. The van der Waals surface area contributed by atoms with Gasteiger partial charge < -0.3 is 4.74 Å². The summed E-state index contributed by atoms with van der Waals surface area (Å²) < 4.78 is 5.46. The second-order valence-electron chi connectivity index (χ2n) is 7.07. The van der Waals surface area contributed by atoms with Gasteiger partial charge in [-0.3, -0.25) is 0 Å². The van der Waals surface area contributed by atoms with Crippen LogP contribution in [0.5, 0.6) is 0 Å². The molecule has 0 aromatic heterocycles. The molecule has 1 saturated heterocycles. The van der Waals surface area contributed by atoms with Crippen LogP contribution in [-0.2, 0) is 4.74 Å². The molecule has 2 rings (SSSR count). The molecule has 0 aromatic carbocycles. The molecule has 0 radical (unpaired) electrons. The molecule has 1 saturated carbocycles. The van der Waals surface area contributed by atoms with Crippen molar-refractivity contribution in [2.45, 2.75) is 69.8 Å². The molecule has 2 aliphatic rings. The van der Waals surface area contributed by atoms with Gasteiger partial charge in [0.25, 0.3) is 0 Å². The van der Waals surface area contributed by atoms with Crippen LogP contribution in [0.4, 0.5) is 0 Å². The number of rotatable bonds is 4. The number of thioether (sulfide) groups is 1. The van der Waals surface area contributed by atoms with E-state index in [4.69, 9.17) is 4.74 Å². The number of ether oxygens (including phenoxy) is 1. The van der Waals surface area contributed by atoms with Crippen LogP contribution in [0.15, 0.2) is 0 Å². The first-order valence-corrected chi connectivity index (χ1v) is 9.14. The molecule has 2 nitrogen and oxygen atoms in total.